The predicted octanol–water partition coefficient (Wildman–Crippen LogP) is 1.61. The molecule has 2 atom stereocenters. The van der Waals surface area contributed by atoms with Gasteiger partial charge in [0.2, 0.25) is 0 Å². The highest BCUT2D eigenvalue weighted by molar-refractivity contribution is 6.10. The van der Waals surface area contributed by atoms with Gasteiger partial charge in [0.25, 0.3) is 0 Å². The Morgan fingerprint density at radius 3 is 1.50 bits per heavy atom. The Hall–Kier alpha value is -1.70. The lowest BCUT2D eigenvalue weighted by atomic mass is 9.71. The van der Waals surface area contributed by atoms with E-state index in [1.807, 2.05) is 0 Å². The molecule has 2 aliphatic rings. The number of ketones is 2. The van der Waals surface area contributed by atoms with Crippen LogP contribution in [0.4, 0.5) is 0 Å². The lowest BCUT2D eigenvalue weighted by Crippen LogP contribution is -2.35. The Balaban J connectivity index is 2.53. The van der Waals surface area contributed by atoms with E-state index in [1.54, 1.807) is 12.2 Å². The van der Waals surface area contributed by atoms with Gasteiger partial charge in [0, 0.05) is 0 Å². The molecule has 0 heterocycles. The highest BCUT2D eigenvalue weighted by Crippen LogP contribution is 2.35. The summed E-state index contributed by atoms with van der Waals surface area (Å²) in [5.41, 5.74) is 1.40. The summed E-state index contributed by atoms with van der Waals surface area (Å²) in [4.78, 5) is 23.1. The van der Waals surface area contributed by atoms with Gasteiger partial charge < -0.3 is 0 Å². The van der Waals surface area contributed by atoms with Crippen LogP contribution in [0, 0.1) is 11.8 Å². The SMILES string of the molecule is C=C1C=CC(=C)[C@H]2C(=O)C=CC(=O)[C@@H]12. The molecule has 0 aromatic carbocycles. The first kappa shape index (κ1) is 8.88. The molecule has 0 saturated heterocycles. The highest BCUT2D eigenvalue weighted by atomic mass is 16.1. The van der Waals surface area contributed by atoms with Gasteiger partial charge in [0.15, 0.2) is 11.6 Å². The molecule has 0 saturated carbocycles. The minimum Gasteiger partial charge on any atom is -0.294 e. The number of rotatable bonds is 0. The number of fused-ring (bicyclic) bond motifs is 1. The van der Waals surface area contributed by atoms with Crippen LogP contribution in [0.2, 0.25) is 0 Å². The molecule has 2 nitrogen and oxygen atoms in total. The van der Waals surface area contributed by atoms with Crippen LogP contribution in [0.3, 0.4) is 0 Å². The zero-order valence-corrected chi connectivity index (χ0v) is 7.69. The van der Waals surface area contributed by atoms with E-state index in [2.05, 4.69) is 13.2 Å². The second-order valence-electron chi connectivity index (χ2n) is 3.58. The van der Waals surface area contributed by atoms with Crippen LogP contribution in [-0.2, 0) is 9.59 Å². The van der Waals surface area contributed by atoms with E-state index in [0.29, 0.717) is 11.1 Å². The van der Waals surface area contributed by atoms with Crippen LogP contribution in [0.15, 0.2) is 48.6 Å². The minimum atomic E-state index is -0.412. The molecular formula is C12H10O2. The van der Waals surface area contributed by atoms with Gasteiger partial charge in [-0.1, -0.05) is 25.3 Å². The molecule has 70 valence electrons. The molecule has 2 aliphatic carbocycles. The highest BCUT2D eigenvalue weighted by Gasteiger charge is 2.38. The summed E-state index contributed by atoms with van der Waals surface area (Å²) in [6, 6.07) is 0. The fourth-order valence-electron chi connectivity index (χ4n) is 1.92. The topological polar surface area (TPSA) is 34.1 Å². The van der Waals surface area contributed by atoms with Crippen molar-refractivity contribution in [3.8, 4) is 0 Å². The summed E-state index contributed by atoms with van der Waals surface area (Å²) in [6.45, 7) is 7.57. The Labute approximate surface area is 82.3 Å². The van der Waals surface area contributed by atoms with Gasteiger partial charge >= 0.3 is 0 Å². The van der Waals surface area contributed by atoms with Gasteiger partial charge in [0.05, 0.1) is 11.8 Å². The zero-order valence-electron chi connectivity index (χ0n) is 7.69. The quantitative estimate of drug-likeness (QED) is 0.576. The van der Waals surface area contributed by atoms with Gasteiger partial charge in [-0.3, -0.25) is 9.59 Å². The van der Waals surface area contributed by atoms with Crippen molar-refractivity contribution in [1.29, 1.82) is 0 Å². The Morgan fingerprint density at radius 2 is 1.14 bits per heavy atom. The van der Waals surface area contributed by atoms with Crippen molar-refractivity contribution in [3.05, 3.63) is 48.6 Å². The molecule has 0 spiro atoms. The molecule has 0 aromatic rings. The normalized spacial score (nSPS) is 30.9. The van der Waals surface area contributed by atoms with E-state index < -0.39 is 11.8 Å². The zero-order chi connectivity index (χ0) is 10.3. The second-order valence-corrected chi connectivity index (χ2v) is 3.58. The average molecular weight is 186 g/mol. The molecule has 0 N–H and O–H groups in total. The molecule has 0 unspecified atom stereocenters. The first-order valence-electron chi connectivity index (χ1n) is 4.42. The number of hydrogen-bond acceptors (Lipinski definition) is 2. The van der Waals surface area contributed by atoms with Gasteiger partial charge in [-0.05, 0) is 23.3 Å². The van der Waals surface area contributed by atoms with Crippen molar-refractivity contribution < 1.29 is 9.59 Å². The summed E-state index contributed by atoms with van der Waals surface area (Å²) in [6.07, 6.45) is 6.18. The number of carbonyl (C=O) groups excluding carboxylic acids is 2. The van der Waals surface area contributed by atoms with E-state index in [1.165, 1.54) is 12.2 Å². The molecule has 0 fully saturated rings. The fourth-order valence-corrected chi connectivity index (χ4v) is 1.92. The second kappa shape index (κ2) is 2.91. The molecule has 0 aliphatic heterocycles. The van der Waals surface area contributed by atoms with Crippen molar-refractivity contribution in [3.63, 3.8) is 0 Å². The fraction of sp³-hybridized carbons (Fsp3) is 0.167. The van der Waals surface area contributed by atoms with E-state index in [4.69, 9.17) is 0 Å². The number of hydrogen-bond donors (Lipinski definition) is 0. The summed E-state index contributed by atoms with van der Waals surface area (Å²) < 4.78 is 0. The van der Waals surface area contributed by atoms with Crippen LogP contribution in [0.1, 0.15) is 0 Å². The van der Waals surface area contributed by atoms with E-state index >= 15 is 0 Å². The smallest absolute Gasteiger partial charge is 0.164 e. The van der Waals surface area contributed by atoms with Crippen molar-refractivity contribution in [2.75, 3.05) is 0 Å². The van der Waals surface area contributed by atoms with Gasteiger partial charge in [0.1, 0.15) is 0 Å². The molecule has 0 bridgehead atoms. The van der Waals surface area contributed by atoms with E-state index in [0.717, 1.165) is 0 Å². The lowest BCUT2D eigenvalue weighted by molar-refractivity contribution is -0.126. The van der Waals surface area contributed by atoms with Crippen LogP contribution in [-0.4, -0.2) is 11.6 Å². The molecule has 0 aromatic heterocycles. The third-order valence-electron chi connectivity index (χ3n) is 2.67. The average Bonchev–Trinajstić information content (AvgIpc) is 2.16. The number of carbonyl (C=O) groups is 2. The van der Waals surface area contributed by atoms with Gasteiger partial charge in [-0.25, -0.2) is 0 Å². The molecule has 14 heavy (non-hydrogen) atoms. The molecule has 0 radical (unpaired) electrons. The first-order chi connectivity index (χ1) is 6.61. The Morgan fingerprint density at radius 1 is 0.786 bits per heavy atom. The molecule has 2 heteroatoms. The minimum absolute atomic E-state index is 0.0508. The predicted molar refractivity (Wildman–Crippen MR) is 53.6 cm³/mol. The first-order valence-corrected chi connectivity index (χ1v) is 4.42. The summed E-state index contributed by atoms with van der Waals surface area (Å²) in [5.74, 6) is -0.926. The van der Waals surface area contributed by atoms with Crippen LogP contribution < -0.4 is 0 Å². The monoisotopic (exact) mass is 186 g/mol. The summed E-state index contributed by atoms with van der Waals surface area (Å²) in [5, 5.41) is 0. The van der Waals surface area contributed by atoms with Crippen molar-refractivity contribution in [1.82, 2.24) is 0 Å². The summed E-state index contributed by atoms with van der Waals surface area (Å²) in [7, 11) is 0. The Kier molecular flexibility index (Phi) is 1.84. The standard InChI is InChI=1S/C12H10O2/c1-7-3-4-8(2)12-10(14)6-5-9(13)11(7)12/h3-6,11-12H,1-2H2/t11-,12+. The van der Waals surface area contributed by atoms with Gasteiger partial charge in [-0.2, -0.15) is 0 Å². The van der Waals surface area contributed by atoms with E-state index in [-0.39, 0.29) is 11.6 Å². The summed E-state index contributed by atoms with van der Waals surface area (Å²) >= 11 is 0. The largest absolute Gasteiger partial charge is 0.294 e. The van der Waals surface area contributed by atoms with E-state index in [9.17, 15) is 9.59 Å². The third-order valence-corrected chi connectivity index (χ3v) is 2.67. The maximum atomic E-state index is 11.6. The molecule has 0 amide bonds. The maximum absolute atomic E-state index is 11.6. The van der Waals surface area contributed by atoms with Crippen molar-refractivity contribution in [2.24, 2.45) is 11.8 Å². The van der Waals surface area contributed by atoms with Crippen LogP contribution in [0.5, 0.6) is 0 Å². The number of allylic oxidation sites excluding steroid dienone is 6. The van der Waals surface area contributed by atoms with Crippen LogP contribution in [0.25, 0.3) is 0 Å². The van der Waals surface area contributed by atoms with Crippen LogP contribution >= 0.6 is 0 Å². The molecular weight excluding hydrogens is 176 g/mol. The Bertz CT molecular complexity index is 334. The van der Waals surface area contributed by atoms with Gasteiger partial charge in [-0.15, -0.1) is 0 Å². The maximum Gasteiger partial charge on any atom is 0.164 e. The lowest BCUT2D eigenvalue weighted by Gasteiger charge is -2.30. The third kappa shape index (κ3) is 1.11. The molecule has 2 rings (SSSR count). The van der Waals surface area contributed by atoms with Crippen molar-refractivity contribution >= 4 is 11.6 Å². The van der Waals surface area contributed by atoms with Crippen molar-refractivity contribution in [2.45, 2.75) is 0 Å².